The summed E-state index contributed by atoms with van der Waals surface area (Å²) in [6.45, 7) is -1.57. The minimum atomic E-state index is -3.80. The number of nitrogens with two attached hydrogens (primary N) is 2. The fourth-order valence-corrected chi connectivity index (χ4v) is 3.00. The molecule has 0 aromatic rings. The van der Waals surface area contributed by atoms with Gasteiger partial charge in [0, 0.05) is 18.5 Å². The SMILES string of the molecule is N[C@@H]1CCCC[C@H]1N.O=C([O-])C(F)(CCOC1O[C@H](CO)[C@H](O)[C@H](O)[C@H]1O)C(=O)[O-].[Pt+2]. The molecule has 0 radical (unpaired) electrons. The smallest absolute Gasteiger partial charge is 0.546 e. The second kappa shape index (κ2) is 13.7. The second-order valence-corrected chi connectivity index (χ2v) is 7.31. The number of rotatable bonds is 7. The largest absolute Gasteiger partial charge is 2.00 e. The van der Waals surface area contributed by atoms with Gasteiger partial charge in [-0.3, -0.25) is 0 Å². The summed E-state index contributed by atoms with van der Waals surface area (Å²) in [5.41, 5.74) is 7.51. The molecule has 1 aliphatic carbocycles. The van der Waals surface area contributed by atoms with E-state index in [1.165, 1.54) is 12.8 Å². The predicted molar refractivity (Wildman–Crippen MR) is 92.6 cm³/mol. The molecule has 1 unspecified atom stereocenters. The molecule has 2 fully saturated rings. The van der Waals surface area contributed by atoms with Gasteiger partial charge in [0.1, 0.15) is 24.4 Å². The summed E-state index contributed by atoms with van der Waals surface area (Å²) >= 11 is 0. The Kier molecular flexibility index (Phi) is 13.4. The minimum absolute atomic E-state index is 0. The molecule has 0 aromatic heterocycles. The zero-order valence-electron chi connectivity index (χ0n) is 16.6. The number of aliphatic hydroxyl groups is 4. The molecule has 0 amide bonds. The Balaban J connectivity index is 0.000000838. The van der Waals surface area contributed by atoms with Crippen LogP contribution in [0.1, 0.15) is 32.1 Å². The Morgan fingerprint density at radius 2 is 1.52 bits per heavy atom. The third-order valence-corrected chi connectivity index (χ3v) is 5.10. The number of hydrogen-bond donors (Lipinski definition) is 6. The van der Waals surface area contributed by atoms with Crippen LogP contribution < -0.4 is 21.7 Å². The molecule has 8 N–H and O–H groups in total. The van der Waals surface area contributed by atoms with E-state index >= 15 is 0 Å². The Hall–Kier alpha value is -0.762. The molecule has 0 bridgehead atoms. The quantitative estimate of drug-likeness (QED) is 0.144. The van der Waals surface area contributed by atoms with Crippen molar-refractivity contribution in [3.8, 4) is 0 Å². The van der Waals surface area contributed by atoms with Crippen LogP contribution in [-0.2, 0) is 40.1 Å². The maximum absolute atomic E-state index is 13.5. The van der Waals surface area contributed by atoms with Gasteiger partial charge >= 0.3 is 21.1 Å². The van der Waals surface area contributed by atoms with Gasteiger partial charge in [-0.2, -0.15) is 0 Å². The number of halogens is 1. The van der Waals surface area contributed by atoms with E-state index in [9.17, 15) is 39.5 Å². The van der Waals surface area contributed by atoms with Gasteiger partial charge in [0.2, 0.25) is 0 Å². The maximum atomic E-state index is 13.5. The number of carboxylic acids is 2. The van der Waals surface area contributed by atoms with Crippen LogP contribution in [0, 0.1) is 0 Å². The fraction of sp³-hybridized carbons (Fsp3) is 0.882. The number of carboxylic acid groups (broad SMARTS) is 2. The molecule has 1 saturated carbocycles. The zero-order chi connectivity index (χ0) is 23.1. The van der Waals surface area contributed by atoms with E-state index in [0.29, 0.717) is 0 Å². The molecule has 7 atom stereocenters. The van der Waals surface area contributed by atoms with Crippen LogP contribution in [0.5, 0.6) is 0 Å². The first-order chi connectivity index (χ1) is 14.0. The van der Waals surface area contributed by atoms with Crippen molar-refractivity contribution in [3.05, 3.63) is 0 Å². The number of aliphatic carboxylic acids is 2. The van der Waals surface area contributed by atoms with Crippen molar-refractivity contribution >= 4 is 11.9 Å². The molecular formula is C17H29FN2O10Pt. The van der Waals surface area contributed by atoms with Gasteiger partial charge in [0.25, 0.3) is 0 Å². The fourth-order valence-electron chi connectivity index (χ4n) is 3.00. The first-order valence-corrected chi connectivity index (χ1v) is 9.50. The molecule has 0 spiro atoms. The molecular weight excluding hydrogens is 606 g/mol. The Morgan fingerprint density at radius 3 is 1.90 bits per heavy atom. The van der Waals surface area contributed by atoms with Gasteiger partial charge in [-0.25, -0.2) is 4.39 Å². The molecule has 12 nitrogen and oxygen atoms in total. The predicted octanol–water partition coefficient (Wildman–Crippen LogP) is -5.39. The van der Waals surface area contributed by atoms with E-state index in [-0.39, 0.29) is 33.1 Å². The van der Waals surface area contributed by atoms with Crippen molar-refractivity contribution in [1.82, 2.24) is 0 Å². The van der Waals surface area contributed by atoms with Crippen molar-refractivity contribution in [3.63, 3.8) is 0 Å². The molecule has 1 aliphatic heterocycles. The monoisotopic (exact) mass is 635 g/mol. The van der Waals surface area contributed by atoms with E-state index in [4.69, 9.17) is 26.0 Å². The summed E-state index contributed by atoms with van der Waals surface area (Å²) in [6, 6.07) is 0.562. The summed E-state index contributed by atoms with van der Waals surface area (Å²) in [6.07, 6.45) is -4.47. The number of ether oxygens (including phenoxy) is 2. The molecule has 0 aromatic carbocycles. The topological polar surface area (TPSA) is 232 Å². The van der Waals surface area contributed by atoms with E-state index in [2.05, 4.69) is 0 Å². The van der Waals surface area contributed by atoms with Crippen LogP contribution >= 0.6 is 0 Å². The van der Waals surface area contributed by atoms with Crippen LogP contribution in [0.2, 0.25) is 0 Å². The van der Waals surface area contributed by atoms with Crippen molar-refractivity contribution in [1.29, 1.82) is 0 Å². The molecule has 2 rings (SSSR count). The van der Waals surface area contributed by atoms with E-state index in [0.717, 1.165) is 12.8 Å². The second-order valence-electron chi connectivity index (χ2n) is 7.31. The molecule has 1 heterocycles. The van der Waals surface area contributed by atoms with Gasteiger partial charge in [-0.05, 0) is 12.8 Å². The van der Waals surface area contributed by atoms with E-state index in [1.54, 1.807) is 0 Å². The average molecular weight is 635 g/mol. The first-order valence-electron chi connectivity index (χ1n) is 9.50. The first kappa shape index (κ1) is 30.2. The average Bonchev–Trinajstić information content (AvgIpc) is 2.70. The van der Waals surface area contributed by atoms with E-state index in [1.807, 2.05) is 0 Å². The molecule has 184 valence electrons. The summed E-state index contributed by atoms with van der Waals surface area (Å²) in [4.78, 5) is 20.9. The number of carbonyl (C=O) groups is 2. The van der Waals surface area contributed by atoms with Crippen molar-refractivity contribution in [2.75, 3.05) is 13.2 Å². The summed E-state index contributed by atoms with van der Waals surface area (Å²) < 4.78 is 23.2. The van der Waals surface area contributed by atoms with Gasteiger partial charge in [0.15, 0.2) is 12.0 Å². The van der Waals surface area contributed by atoms with Gasteiger partial charge < -0.3 is 61.2 Å². The van der Waals surface area contributed by atoms with Crippen LogP contribution in [0.4, 0.5) is 4.39 Å². The molecule has 14 heteroatoms. The van der Waals surface area contributed by atoms with Crippen LogP contribution in [-0.4, -0.2) is 94.0 Å². The Bertz CT molecular complexity index is 549. The number of carbonyl (C=O) groups excluding carboxylic acids is 2. The number of alkyl halides is 1. The number of aliphatic hydroxyl groups excluding tert-OH is 4. The molecule has 2 aliphatic rings. The minimum Gasteiger partial charge on any atom is -0.546 e. The van der Waals surface area contributed by atoms with Crippen molar-refractivity contribution < 1.29 is 75.2 Å². The van der Waals surface area contributed by atoms with Crippen LogP contribution in [0.25, 0.3) is 0 Å². The summed E-state index contributed by atoms with van der Waals surface area (Å²) in [7, 11) is 0. The van der Waals surface area contributed by atoms with Crippen LogP contribution in [0.3, 0.4) is 0 Å². The zero-order valence-corrected chi connectivity index (χ0v) is 18.9. The Morgan fingerprint density at radius 1 is 1.03 bits per heavy atom. The van der Waals surface area contributed by atoms with Crippen molar-refractivity contribution in [2.45, 2.75) is 80.6 Å². The van der Waals surface area contributed by atoms with Gasteiger partial charge in [0.05, 0.1) is 25.2 Å². The van der Waals surface area contributed by atoms with Gasteiger partial charge in [-0.15, -0.1) is 0 Å². The van der Waals surface area contributed by atoms with Gasteiger partial charge in [-0.1, -0.05) is 12.8 Å². The summed E-state index contributed by atoms with van der Waals surface area (Å²) in [5, 5.41) is 58.3. The standard InChI is InChI=1S/C11H17FO10.C6H14N2.Pt/c12-11(9(17)18,10(19)20)1-2-21-8-7(16)6(15)5(14)4(3-13)22-8;7-5-3-1-2-4-6(5)8;/h4-8,13-16H,1-3H2,(H,17,18)(H,19,20);5-6H,1-4,7-8H2;/q;;+2/p-2/t4-,5+,6+,7-,8?;5-,6-;/m11./s1. The number of hydrogen-bond acceptors (Lipinski definition) is 12. The third kappa shape index (κ3) is 8.26. The molecule has 31 heavy (non-hydrogen) atoms. The Labute approximate surface area is 192 Å². The third-order valence-electron chi connectivity index (χ3n) is 5.10. The van der Waals surface area contributed by atoms with Crippen molar-refractivity contribution in [2.24, 2.45) is 11.5 Å². The maximum Gasteiger partial charge on any atom is 2.00 e. The van der Waals surface area contributed by atoms with Crippen LogP contribution in [0.15, 0.2) is 0 Å². The normalized spacial score (nSPS) is 33.5. The van der Waals surface area contributed by atoms with E-state index < -0.39 is 67.9 Å². The summed E-state index contributed by atoms with van der Waals surface area (Å²) in [5.74, 6) is -5.05. The molecule has 1 saturated heterocycles.